The van der Waals surface area contributed by atoms with E-state index in [0.29, 0.717) is 17.4 Å². The van der Waals surface area contributed by atoms with Gasteiger partial charge in [-0.05, 0) is 43.5 Å². The van der Waals surface area contributed by atoms with E-state index in [9.17, 15) is 9.59 Å². The third-order valence-corrected chi connectivity index (χ3v) is 6.59. The number of aromatic nitrogens is 3. The van der Waals surface area contributed by atoms with Gasteiger partial charge < -0.3 is 4.90 Å². The molecule has 146 valence electrons. The van der Waals surface area contributed by atoms with Gasteiger partial charge in [-0.1, -0.05) is 24.3 Å². The molecule has 1 aliphatic heterocycles. The highest BCUT2D eigenvalue weighted by Crippen LogP contribution is 2.35. The fourth-order valence-electron chi connectivity index (χ4n) is 3.97. The number of fused-ring (bicyclic) bond motifs is 2. The van der Waals surface area contributed by atoms with Crippen LogP contribution in [0.2, 0.25) is 0 Å². The van der Waals surface area contributed by atoms with Gasteiger partial charge >= 0.3 is 0 Å². The summed E-state index contributed by atoms with van der Waals surface area (Å²) in [4.78, 5) is 36.9. The fraction of sp³-hybridized carbons (Fsp3) is 0.273. The lowest BCUT2D eigenvalue weighted by atomic mass is 10.0. The second-order valence-electron chi connectivity index (χ2n) is 7.31. The highest BCUT2D eigenvalue weighted by Gasteiger charge is 2.30. The van der Waals surface area contributed by atoms with E-state index in [0.717, 1.165) is 34.5 Å². The number of amides is 1. The molecule has 0 bridgehead atoms. The van der Waals surface area contributed by atoms with Crippen molar-refractivity contribution in [1.29, 1.82) is 0 Å². The van der Waals surface area contributed by atoms with Crippen molar-refractivity contribution in [1.82, 2.24) is 19.4 Å². The molecule has 0 radical (unpaired) electrons. The van der Waals surface area contributed by atoms with Crippen molar-refractivity contribution in [2.24, 2.45) is 0 Å². The number of thiazole rings is 1. The Bertz CT molecular complexity index is 1230. The van der Waals surface area contributed by atoms with Gasteiger partial charge in [0, 0.05) is 6.54 Å². The summed E-state index contributed by atoms with van der Waals surface area (Å²) in [6.45, 7) is 0.688. The van der Waals surface area contributed by atoms with Crippen LogP contribution in [-0.2, 0) is 11.3 Å². The van der Waals surface area contributed by atoms with E-state index in [1.807, 2.05) is 35.2 Å². The number of benzene rings is 2. The maximum atomic E-state index is 13.2. The average Bonchev–Trinajstić information content (AvgIpc) is 3.20. The Morgan fingerprint density at radius 1 is 1.07 bits per heavy atom. The van der Waals surface area contributed by atoms with E-state index < -0.39 is 0 Å². The predicted molar refractivity (Wildman–Crippen MR) is 114 cm³/mol. The van der Waals surface area contributed by atoms with Crippen LogP contribution in [0.15, 0.2) is 59.7 Å². The number of hydrogen-bond acceptors (Lipinski definition) is 5. The second kappa shape index (κ2) is 7.40. The number of piperidine rings is 1. The average molecular weight is 404 g/mol. The van der Waals surface area contributed by atoms with Crippen molar-refractivity contribution in [3.05, 3.63) is 70.2 Å². The fourth-order valence-corrected chi connectivity index (χ4v) is 5.09. The van der Waals surface area contributed by atoms with Gasteiger partial charge in [-0.2, -0.15) is 0 Å². The zero-order valence-corrected chi connectivity index (χ0v) is 16.6. The first-order chi connectivity index (χ1) is 14.2. The molecule has 0 unspecified atom stereocenters. The standard InChI is InChI=1S/C22H20N4O2S/c27-20(13-25-14-23-16-8-2-1-7-15(16)22(25)28)26-12-6-5-10-18(26)21-24-17-9-3-4-11-19(17)29-21/h1-4,7-9,11,14,18H,5-6,10,12-13H2/t18-/m1/s1. The highest BCUT2D eigenvalue weighted by molar-refractivity contribution is 7.18. The number of rotatable bonds is 3. The molecule has 0 spiro atoms. The zero-order valence-electron chi connectivity index (χ0n) is 15.8. The number of nitrogens with zero attached hydrogens (tertiary/aromatic N) is 4. The molecule has 3 heterocycles. The van der Waals surface area contributed by atoms with Gasteiger partial charge in [-0.15, -0.1) is 11.3 Å². The van der Waals surface area contributed by atoms with Gasteiger partial charge in [-0.25, -0.2) is 9.97 Å². The molecule has 0 aliphatic carbocycles. The molecular weight excluding hydrogens is 384 g/mol. The summed E-state index contributed by atoms with van der Waals surface area (Å²) in [5, 5.41) is 1.51. The first-order valence-corrected chi connectivity index (χ1v) is 10.6. The number of likely N-dealkylation sites (tertiary alicyclic amines) is 1. The van der Waals surface area contributed by atoms with Crippen LogP contribution in [0, 0.1) is 0 Å². The van der Waals surface area contributed by atoms with Crippen molar-refractivity contribution in [3.63, 3.8) is 0 Å². The smallest absolute Gasteiger partial charge is 0.261 e. The number of carbonyl (C=O) groups is 1. The van der Waals surface area contributed by atoms with Crippen LogP contribution in [0.25, 0.3) is 21.1 Å². The summed E-state index contributed by atoms with van der Waals surface area (Å²) in [6.07, 6.45) is 4.41. The molecule has 29 heavy (non-hydrogen) atoms. The first-order valence-electron chi connectivity index (χ1n) is 9.80. The molecule has 5 rings (SSSR count). The minimum Gasteiger partial charge on any atom is -0.332 e. The molecule has 7 heteroatoms. The van der Waals surface area contributed by atoms with Crippen molar-refractivity contribution < 1.29 is 4.79 Å². The molecule has 0 saturated carbocycles. The van der Waals surface area contributed by atoms with E-state index in [-0.39, 0.29) is 24.1 Å². The normalized spacial score (nSPS) is 17.1. The van der Waals surface area contributed by atoms with E-state index >= 15 is 0 Å². The van der Waals surface area contributed by atoms with Crippen molar-refractivity contribution >= 4 is 38.4 Å². The van der Waals surface area contributed by atoms with Gasteiger partial charge in [0.15, 0.2) is 0 Å². The van der Waals surface area contributed by atoms with Crippen LogP contribution in [0.5, 0.6) is 0 Å². The Kier molecular flexibility index (Phi) is 4.60. The first kappa shape index (κ1) is 18.0. The summed E-state index contributed by atoms with van der Waals surface area (Å²) >= 11 is 1.65. The maximum Gasteiger partial charge on any atom is 0.261 e. The minimum absolute atomic E-state index is 0.00192. The molecular formula is C22H20N4O2S. The molecule has 4 aromatic rings. The van der Waals surface area contributed by atoms with Gasteiger partial charge in [-0.3, -0.25) is 14.2 Å². The van der Waals surface area contributed by atoms with Crippen LogP contribution >= 0.6 is 11.3 Å². The van der Waals surface area contributed by atoms with E-state index in [1.165, 1.54) is 10.9 Å². The number of hydrogen-bond donors (Lipinski definition) is 0. The van der Waals surface area contributed by atoms with Crippen LogP contribution in [0.1, 0.15) is 30.3 Å². The summed E-state index contributed by atoms with van der Waals surface area (Å²) in [6, 6.07) is 15.2. The maximum absolute atomic E-state index is 13.2. The van der Waals surface area contributed by atoms with Gasteiger partial charge in [0.2, 0.25) is 5.91 Å². The molecule has 0 N–H and O–H groups in total. The monoisotopic (exact) mass is 404 g/mol. The second-order valence-corrected chi connectivity index (χ2v) is 8.38. The van der Waals surface area contributed by atoms with Crippen molar-refractivity contribution in [2.75, 3.05) is 6.54 Å². The Hall–Kier alpha value is -3.06. The van der Waals surface area contributed by atoms with Crippen molar-refractivity contribution in [2.45, 2.75) is 31.8 Å². The Balaban J connectivity index is 1.44. The van der Waals surface area contributed by atoms with Gasteiger partial charge in [0.25, 0.3) is 5.56 Å². The molecule has 1 atom stereocenters. The Morgan fingerprint density at radius 3 is 2.72 bits per heavy atom. The SMILES string of the molecule is O=C(Cn1cnc2ccccc2c1=O)N1CCCC[C@@H]1c1nc2ccccc2s1. The molecule has 1 fully saturated rings. The molecule has 6 nitrogen and oxygen atoms in total. The Morgan fingerprint density at radius 2 is 1.86 bits per heavy atom. The van der Waals surface area contributed by atoms with E-state index in [2.05, 4.69) is 11.1 Å². The lowest BCUT2D eigenvalue weighted by Gasteiger charge is -2.34. The number of para-hydroxylation sites is 2. The molecule has 1 aliphatic rings. The quantitative estimate of drug-likeness (QED) is 0.521. The predicted octanol–water partition coefficient (Wildman–Crippen LogP) is 3.76. The summed E-state index contributed by atoms with van der Waals surface area (Å²) in [5.74, 6) is -0.0619. The number of carbonyl (C=O) groups excluding carboxylic acids is 1. The van der Waals surface area contributed by atoms with Crippen LogP contribution in [0.3, 0.4) is 0 Å². The van der Waals surface area contributed by atoms with Crippen LogP contribution in [-0.4, -0.2) is 31.9 Å². The van der Waals surface area contributed by atoms with E-state index in [1.54, 1.807) is 23.5 Å². The van der Waals surface area contributed by atoms with Gasteiger partial charge in [0.1, 0.15) is 11.6 Å². The summed E-state index contributed by atoms with van der Waals surface area (Å²) in [5.41, 5.74) is 1.43. The summed E-state index contributed by atoms with van der Waals surface area (Å²) in [7, 11) is 0. The van der Waals surface area contributed by atoms with Gasteiger partial charge in [0.05, 0.1) is 33.5 Å². The highest BCUT2D eigenvalue weighted by atomic mass is 32.1. The van der Waals surface area contributed by atoms with E-state index in [4.69, 9.17) is 4.98 Å². The zero-order chi connectivity index (χ0) is 19.8. The van der Waals surface area contributed by atoms with Crippen molar-refractivity contribution in [3.8, 4) is 0 Å². The lowest BCUT2D eigenvalue weighted by molar-refractivity contribution is -0.135. The molecule has 2 aromatic heterocycles. The lowest BCUT2D eigenvalue weighted by Crippen LogP contribution is -2.41. The topological polar surface area (TPSA) is 68.1 Å². The third kappa shape index (κ3) is 3.31. The Labute approximate surface area is 171 Å². The molecule has 1 amide bonds. The van der Waals surface area contributed by atoms with Crippen LogP contribution < -0.4 is 5.56 Å². The third-order valence-electron chi connectivity index (χ3n) is 5.46. The molecule has 2 aromatic carbocycles. The largest absolute Gasteiger partial charge is 0.332 e. The van der Waals surface area contributed by atoms with Crippen LogP contribution in [0.4, 0.5) is 0 Å². The minimum atomic E-state index is -0.183. The summed E-state index contributed by atoms with van der Waals surface area (Å²) < 4.78 is 2.55. The molecule has 1 saturated heterocycles.